The van der Waals surface area contributed by atoms with Gasteiger partial charge in [0.2, 0.25) is 11.9 Å². The van der Waals surface area contributed by atoms with Gasteiger partial charge in [-0.3, -0.25) is 4.79 Å². The van der Waals surface area contributed by atoms with Gasteiger partial charge < -0.3 is 11.1 Å². The molecule has 3 aromatic rings. The van der Waals surface area contributed by atoms with Crippen LogP contribution in [0.25, 0.3) is 5.78 Å². The molecular weight excluding hydrogens is 354 g/mol. The number of halogens is 2. The zero-order valence-corrected chi connectivity index (χ0v) is 15.3. The third-order valence-electron chi connectivity index (χ3n) is 4.49. The fraction of sp³-hybridized carbons (Fsp3) is 0.333. The molecule has 1 aromatic carbocycles. The lowest BCUT2D eigenvalue weighted by atomic mass is 10.1. The zero-order chi connectivity index (χ0) is 19.7. The summed E-state index contributed by atoms with van der Waals surface area (Å²) < 4.78 is 27.9. The number of fused-ring (bicyclic) bond motifs is 1. The summed E-state index contributed by atoms with van der Waals surface area (Å²) >= 11 is 0. The zero-order valence-electron chi connectivity index (χ0n) is 15.3. The highest BCUT2D eigenvalue weighted by Crippen LogP contribution is 2.18. The van der Waals surface area contributed by atoms with Gasteiger partial charge in [-0.1, -0.05) is 6.07 Å². The second-order valence-corrected chi connectivity index (χ2v) is 6.41. The lowest BCUT2D eigenvalue weighted by Crippen LogP contribution is -2.27. The van der Waals surface area contributed by atoms with Crippen LogP contribution in [0.5, 0.6) is 0 Å². The van der Waals surface area contributed by atoms with Crippen molar-refractivity contribution in [3.63, 3.8) is 0 Å². The first-order valence-corrected chi connectivity index (χ1v) is 8.49. The molecule has 0 aliphatic carbocycles. The van der Waals surface area contributed by atoms with Crippen molar-refractivity contribution < 1.29 is 13.6 Å². The maximum absolute atomic E-state index is 13.3. The van der Waals surface area contributed by atoms with Gasteiger partial charge in [-0.25, -0.2) is 13.8 Å². The van der Waals surface area contributed by atoms with Crippen LogP contribution in [0.4, 0.5) is 14.7 Å². The normalized spacial score (nSPS) is 12.3. The van der Waals surface area contributed by atoms with Crippen molar-refractivity contribution in [2.24, 2.45) is 0 Å². The molecule has 1 atom stereocenters. The number of benzene rings is 1. The first-order valence-electron chi connectivity index (χ1n) is 8.49. The van der Waals surface area contributed by atoms with Crippen molar-refractivity contribution in [2.75, 3.05) is 5.73 Å². The summed E-state index contributed by atoms with van der Waals surface area (Å²) in [6, 6.07) is 3.14. The summed E-state index contributed by atoms with van der Waals surface area (Å²) in [6.07, 6.45) is 0.670. The first-order chi connectivity index (χ1) is 12.8. The van der Waals surface area contributed by atoms with E-state index in [2.05, 4.69) is 20.4 Å². The molecule has 0 unspecified atom stereocenters. The van der Waals surface area contributed by atoms with Crippen LogP contribution in [0.1, 0.15) is 41.9 Å². The summed E-state index contributed by atoms with van der Waals surface area (Å²) in [5.74, 6) is -1.50. The van der Waals surface area contributed by atoms with E-state index in [1.165, 1.54) is 6.07 Å². The van der Waals surface area contributed by atoms with E-state index < -0.39 is 17.7 Å². The maximum Gasteiger partial charge on any atom is 0.254 e. The predicted octanol–water partition coefficient (Wildman–Crippen LogP) is 2.41. The molecular formula is C18H20F2N6O. The molecule has 3 N–H and O–H groups in total. The van der Waals surface area contributed by atoms with Gasteiger partial charge in [-0.15, -0.1) is 5.10 Å². The lowest BCUT2D eigenvalue weighted by molar-refractivity contribution is -0.121. The van der Waals surface area contributed by atoms with E-state index in [9.17, 15) is 13.6 Å². The fourth-order valence-electron chi connectivity index (χ4n) is 3.00. The molecule has 3 rings (SSSR count). The third-order valence-corrected chi connectivity index (χ3v) is 4.49. The summed E-state index contributed by atoms with van der Waals surface area (Å²) in [5.41, 5.74) is 8.58. The molecule has 0 aliphatic rings. The Morgan fingerprint density at radius 2 is 2.00 bits per heavy atom. The smallest absolute Gasteiger partial charge is 0.254 e. The molecule has 9 heteroatoms. The van der Waals surface area contributed by atoms with Crippen molar-refractivity contribution in [3.8, 4) is 0 Å². The van der Waals surface area contributed by atoms with Crippen molar-refractivity contribution in [2.45, 2.75) is 39.7 Å². The van der Waals surface area contributed by atoms with Gasteiger partial charge in [-0.05, 0) is 50.5 Å². The summed E-state index contributed by atoms with van der Waals surface area (Å²) in [5, 5.41) is 6.89. The number of nitrogen functional groups attached to an aromatic ring is 1. The van der Waals surface area contributed by atoms with E-state index >= 15 is 0 Å². The molecule has 0 fully saturated rings. The van der Waals surface area contributed by atoms with Gasteiger partial charge in [0.25, 0.3) is 5.78 Å². The molecule has 0 saturated heterocycles. The van der Waals surface area contributed by atoms with Crippen LogP contribution >= 0.6 is 0 Å². The number of carbonyl (C=O) groups excluding carboxylic acids is 1. The van der Waals surface area contributed by atoms with Crippen molar-refractivity contribution in [1.29, 1.82) is 0 Å². The number of nitrogens with one attached hydrogen (secondary N) is 1. The van der Waals surface area contributed by atoms with E-state index in [0.717, 1.165) is 29.1 Å². The van der Waals surface area contributed by atoms with Crippen LogP contribution in [0, 0.1) is 25.5 Å². The molecule has 1 amide bonds. The van der Waals surface area contributed by atoms with Crippen molar-refractivity contribution in [1.82, 2.24) is 24.9 Å². The number of hydrogen-bond donors (Lipinski definition) is 2. The number of aryl methyl sites for hydroxylation is 2. The minimum atomic E-state index is -0.939. The predicted molar refractivity (Wildman–Crippen MR) is 95.9 cm³/mol. The van der Waals surface area contributed by atoms with Crippen LogP contribution < -0.4 is 11.1 Å². The number of nitrogens with zero attached hydrogens (tertiary/aromatic N) is 4. The number of carbonyl (C=O) groups is 1. The standard InChI is InChI=1S/C18H20F2N6O/c1-9(12-4-6-14(19)15(20)8-12)22-16(27)7-5-13-10(2)23-18-24-17(21)25-26(18)11(13)3/h4,6,8-9H,5,7H2,1-3H3,(H2,21,25)(H,22,27)/t9-/m0/s1. The van der Waals surface area contributed by atoms with Crippen molar-refractivity contribution in [3.05, 3.63) is 52.3 Å². The van der Waals surface area contributed by atoms with Crippen LogP contribution in [0.2, 0.25) is 0 Å². The Labute approximate surface area is 154 Å². The Morgan fingerprint density at radius 1 is 1.26 bits per heavy atom. The highest BCUT2D eigenvalue weighted by Gasteiger charge is 2.16. The number of aromatic nitrogens is 4. The lowest BCUT2D eigenvalue weighted by Gasteiger charge is -2.15. The average molecular weight is 374 g/mol. The molecule has 0 saturated carbocycles. The van der Waals surface area contributed by atoms with Gasteiger partial charge in [0.15, 0.2) is 11.6 Å². The SMILES string of the molecule is Cc1nc2nc(N)nn2c(C)c1CCC(=O)N[C@@H](C)c1ccc(F)c(F)c1. The summed E-state index contributed by atoms with van der Waals surface area (Å²) in [6.45, 7) is 5.43. The number of hydrogen-bond acceptors (Lipinski definition) is 5. The Balaban J connectivity index is 1.68. The largest absolute Gasteiger partial charge is 0.366 e. The monoisotopic (exact) mass is 374 g/mol. The van der Waals surface area contributed by atoms with E-state index in [4.69, 9.17) is 5.73 Å². The Hall–Kier alpha value is -3.10. The fourth-order valence-corrected chi connectivity index (χ4v) is 3.00. The topological polar surface area (TPSA) is 98.2 Å². The molecule has 2 heterocycles. The van der Waals surface area contributed by atoms with Gasteiger partial charge in [0, 0.05) is 17.8 Å². The van der Waals surface area contributed by atoms with Crippen LogP contribution in [0.3, 0.4) is 0 Å². The molecule has 27 heavy (non-hydrogen) atoms. The second kappa shape index (κ2) is 7.26. The molecule has 0 aliphatic heterocycles. The highest BCUT2D eigenvalue weighted by molar-refractivity contribution is 5.76. The quantitative estimate of drug-likeness (QED) is 0.715. The second-order valence-electron chi connectivity index (χ2n) is 6.41. The van der Waals surface area contributed by atoms with Gasteiger partial charge in [0.05, 0.1) is 6.04 Å². The van der Waals surface area contributed by atoms with Crippen LogP contribution in [0.15, 0.2) is 18.2 Å². The molecule has 7 nitrogen and oxygen atoms in total. The minimum absolute atomic E-state index is 0.139. The Morgan fingerprint density at radius 3 is 2.70 bits per heavy atom. The van der Waals surface area contributed by atoms with Gasteiger partial charge in [-0.2, -0.15) is 9.50 Å². The van der Waals surface area contributed by atoms with Gasteiger partial charge >= 0.3 is 0 Å². The maximum atomic E-state index is 13.3. The summed E-state index contributed by atoms with van der Waals surface area (Å²) in [4.78, 5) is 20.7. The number of rotatable bonds is 5. The number of nitrogens with two attached hydrogens (primary N) is 1. The number of anilines is 1. The van der Waals surface area contributed by atoms with E-state index in [1.54, 1.807) is 11.4 Å². The molecule has 142 valence electrons. The third kappa shape index (κ3) is 3.86. The Kier molecular flexibility index (Phi) is 5.02. The van der Waals surface area contributed by atoms with E-state index in [-0.39, 0.29) is 18.3 Å². The van der Waals surface area contributed by atoms with Crippen LogP contribution in [-0.2, 0) is 11.2 Å². The van der Waals surface area contributed by atoms with E-state index in [1.807, 2.05) is 13.8 Å². The Bertz CT molecular complexity index is 1020. The molecule has 0 radical (unpaired) electrons. The summed E-state index contributed by atoms with van der Waals surface area (Å²) in [7, 11) is 0. The van der Waals surface area contributed by atoms with Crippen molar-refractivity contribution >= 4 is 17.6 Å². The molecule has 0 bridgehead atoms. The molecule has 2 aromatic heterocycles. The molecule has 0 spiro atoms. The van der Waals surface area contributed by atoms with Crippen LogP contribution in [-0.4, -0.2) is 25.5 Å². The first kappa shape index (κ1) is 18.7. The number of amides is 1. The highest BCUT2D eigenvalue weighted by atomic mass is 19.2. The van der Waals surface area contributed by atoms with Gasteiger partial charge in [0.1, 0.15) is 0 Å². The van der Waals surface area contributed by atoms with E-state index in [0.29, 0.717) is 17.8 Å². The average Bonchev–Trinajstić information content (AvgIpc) is 2.97. The minimum Gasteiger partial charge on any atom is -0.366 e.